The number of H-pyrrole nitrogens is 1. The van der Waals surface area contributed by atoms with E-state index in [1.807, 2.05) is 13.0 Å². The van der Waals surface area contributed by atoms with E-state index in [1.165, 1.54) is 0 Å². The molecule has 0 spiro atoms. The molecule has 8 heteroatoms. The summed E-state index contributed by atoms with van der Waals surface area (Å²) in [6, 6.07) is 12.5. The molecule has 1 fully saturated rings. The largest absolute Gasteiger partial charge is 0.418 e. The molecule has 2 aromatic carbocycles. The minimum Gasteiger partial charge on any atom is -0.381 e. The van der Waals surface area contributed by atoms with E-state index >= 15 is 0 Å². The lowest BCUT2D eigenvalue weighted by atomic mass is 9.98. The second-order valence-corrected chi connectivity index (χ2v) is 7.96. The van der Waals surface area contributed by atoms with Gasteiger partial charge in [0.25, 0.3) is 0 Å². The number of hydrogen-bond donors (Lipinski definition) is 3. The van der Waals surface area contributed by atoms with Crippen LogP contribution in [0.15, 0.2) is 42.5 Å². The topological polar surface area (TPSA) is 66.5 Å². The molecule has 0 bridgehead atoms. The predicted molar refractivity (Wildman–Crippen MR) is 118 cm³/mol. The molecule has 0 saturated carbocycles. The maximum atomic E-state index is 13.7. The summed E-state index contributed by atoms with van der Waals surface area (Å²) in [6.07, 6.45) is -5.81. The van der Waals surface area contributed by atoms with Crippen LogP contribution in [0.3, 0.4) is 0 Å². The molecule has 3 aromatic rings. The zero-order chi connectivity index (χ0) is 22.7. The van der Waals surface area contributed by atoms with Crippen LogP contribution in [-0.2, 0) is 16.1 Å². The van der Waals surface area contributed by atoms with Gasteiger partial charge in [0.05, 0.1) is 23.5 Å². The third-order valence-corrected chi connectivity index (χ3v) is 5.71. The zero-order valence-corrected chi connectivity index (χ0v) is 17.8. The van der Waals surface area contributed by atoms with Crippen molar-refractivity contribution in [3.05, 3.63) is 53.6 Å². The highest BCUT2D eigenvalue weighted by atomic mass is 19.4. The first-order valence-electron chi connectivity index (χ1n) is 10.8. The molecular weight excluding hydrogens is 421 g/mol. The molecule has 1 aromatic heterocycles. The third kappa shape index (κ3) is 4.77. The van der Waals surface area contributed by atoms with Crippen LogP contribution in [0, 0.1) is 0 Å². The molecule has 4 rings (SSSR count). The van der Waals surface area contributed by atoms with Crippen LogP contribution in [0.1, 0.15) is 37.0 Å². The molecule has 32 heavy (non-hydrogen) atoms. The maximum Gasteiger partial charge on any atom is 0.418 e. The Balaban J connectivity index is 1.91. The lowest BCUT2D eigenvalue weighted by Gasteiger charge is -2.25. The lowest BCUT2D eigenvalue weighted by Crippen LogP contribution is -2.28. The SMILES string of the molecule is CCOCc1cc(NC2CCOCC2)c2[nH]c(-c3ccccc3)c(C(O)C(F)(F)F)c2c1. The van der Waals surface area contributed by atoms with E-state index in [1.54, 1.807) is 36.4 Å². The van der Waals surface area contributed by atoms with Crippen molar-refractivity contribution in [2.45, 2.75) is 44.7 Å². The first-order valence-corrected chi connectivity index (χ1v) is 10.8. The number of aromatic nitrogens is 1. The molecule has 0 radical (unpaired) electrons. The zero-order valence-electron chi connectivity index (χ0n) is 17.8. The molecule has 2 heterocycles. The molecule has 1 atom stereocenters. The van der Waals surface area contributed by atoms with Crippen LogP contribution in [0.2, 0.25) is 0 Å². The molecule has 1 aliphatic rings. The summed E-state index contributed by atoms with van der Waals surface area (Å²) in [6.45, 7) is 3.89. The van der Waals surface area contributed by atoms with Gasteiger partial charge in [-0.15, -0.1) is 0 Å². The monoisotopic (exact) mass is 448 g/mol. The summed E-state index contributed by atoms with van der Waals surface area (Å²) < 4.78 is 52.0. The van der Waals surface area contributed by atoms with Crippen LogP contribution < -0.4 is 5.32 Å². The molecule has 0 amide bonds. The minimum atomic E-state index is -4.80. The quantitative estimate of drug-likeness (QED) is 0.443. The van der Waals surface area contributed by atoms with Gasteiger partial charge in [0.15, 0.2) is 6.10 Å². The first kappa shape index (κ1) is 22.6. The summed E-state index contributed by atoms with van der Waals surface area (Å²) in [7, 11) is 0. The van der Waals surface area contributed by atoms with Crippen LogP contribution >= 0.6 is 0 Å². The van der Waals surface area contributed by atoms with Crippen LogP contribution in [-0.4, -0.2) is 42.1 Å². The standard InChI is InChI=1S/C24H27F3N2O3/c1-2-31-14-15-12-18-20(23(30)24(25,26)27)21(16-6-4-3-5-7-16)29-22(18)19(13-15)28-17-8-10-32-11-9-17/h3-7,12-13,17,23,28-30H,2,8-11,14H2,1H3. The van der Waals surface area contributed by atoms with Crippen LogP contribution in [0.25, 0.3) is 22.2 Å². The number of rotatable bonds is 7. The number of fused-ring (bicyclic) bond motifs is 1. The number of anilines is 1. The fourth-order valence-corrected chi connectivity index (χ4v) is 4.14. The number of hydrogen-bond acceptors (Lipinski definition) is 4. The normalized spacial score (nSPS) is 16.4. The molecule has 172 valence electrons. The highest BCUT2D eigenvalue weighted by molar-refractivity contribution is 5.99. The Morgan fingerprint density at radius 3 is 2.56 bits per heavy atom. The molecule has 1 aliphatic heterocycles. The Labute approximate surface area is 184 Å². The summed E-state index contributed by atoms with van der Waals surface area (Å²) in [4.78, 5) is 3.18. The number of nitrogens with one attached hydrogen (secondary N) is 2. The van der Waals surface area contributed by atoms with E-state index in [0.717, 1.165) is 18.4 Å². The summed E-state index contributed by atoms with van der Waals surface area (Å²) >= 11 is 0. The molecule has 5 nitrogen and oxygen atoms in total. The van der Waals surface area contributed by atoms with Gasteiger partial charge in [0, 0.05) is 36.8 Å². The van der Waals surface area contributed by atoms with Crippen molar-refractivity contribution in [2.24, 2.45) is 0 Å². The smallest absolute Gasteiger partial charge is 0.381 e. The van der Waals surface area contributed by atoms with E-state index in [-0.39, 0.29) is 23.9 Å². The van der Waals surface area contributed by atoms with Gasteiger partial charge in [-0.1, -0.05) is 30.3 Å². The molecular formula is C24H27F3N2O3. The fraction of sp³-hybridized carbons (Fsp3) is 0.417. The number of halogens is 3. The highest BCUT2D eigenvalue weighted by Crippen LogP contribution is 2.44. The van der Waals surface area contributed by atoms with E-state index in [4.69, 9.17) is 9.47 Å². The van der Waals surface area contributed by atoms with E-state index in [9.17, 15) is 18.3 Å². The van der Waals surface area contributed by atoms with Gasteiger partial charge in [-0.05, 0) is 43.0 Å². The van der Waals surface area contributed by atoms with Crippen molar-refractivity contribution in [3.63, 3.8) is 0 Å². The van der Waals surface area contributed by atoms with Crippen LogP contribution in [0.4, 0.5) is 18.9 Å². The summed E-state index contributed by atoms with van der Waals surface area (Å²) in [5.74, 6) is 0. The summed E-state index contributed by atoms with van der Waals surface area (Å²) in [5, 5.41) is 14.2. The van der Waals surface area contributed by atoms with Gasteiger partial charge in [-0.2, -0.15) is 13.2 Å². The van der Waals surface area contributed by atoms with Crippen molar-refractivity contribution in [1.29, 1.82) is 0 Å². The van der Waals surface area contributed by atoms with Gasteiger partial charge in [-0.25, -0.2) is 0 Å². The Bertz CT molecular complexity index is 1040. The van der Waals surface area contributed by atoms with E-state index < -0.39 is 12.3 Å². The molecule has 1 saturated heterocycles. The minimum absolute atomic E-state index is 0.147. The van der Waals surface area contributed by atoms with Crippen LogP contribution in [0.5, 0.6) is 0 Å². The van der Waals surface area contributed by atoms with E-state index in [0.29, 0.717) is 42.0 Å². The van der Waals surface area contributed by atoms with Crippen molar-refractivity contribution in [2.75, 3.05) is 25.1 Å². The van der Waals surface area contributed by atoms with Crippen molar-refractivity contribution >= 4 is 16.6 Å². The van der Waals surface area contributed by atoms with Crippen molar-refractivity contribution < 1.29 is 27.8 Å². The van der Waals surface area contributed by atoms with Gasteiger partial charge in [-0.3, -0.25) is 0 Å². The van der Waals surface area contributed by atoms with Gasteiger partial charge in [0.1, 0.15) is 0 Å². The molecule has 1 unspecified atom stereocenters. The first-order chi connectivity index (χ1) is 15.4. The number of alkyl halides is 3. The Hall–Kier alpha value is -2.55. The Kier molecular flexibility index (Phi) is 6.74. The number of aromatic amines is 1. The van der Waals surface area contributed by atoms with E-state index in [2.05, 4.69) is 10.3 Å². The molecule has 0 aliphatic carbocycles. The Morgan fingerprint density at radius 2 is 1.91 bits per heavy atom. The van der Waals surface area contributed by atoms with Gasteiger partial charge >= 0.3 is 6.18 Å². The van der Waals surface area contributed by atoms with Crippen molar-refractivity contribution in [1.82, 2.24) is 4.98 Å². The molecule has 3 N–H and O–H groups in total. The fourth-order valence-electron chi connectivity index (χ4n) is 4.14. The number of benzene rings is 2. The summed E-state index contributed by atoms with van der Waals surface area (Å²) in [5.41, 5.74) is 2.63. The number of aliphatic hydroxyl groups excluding tert-OH is 1. The third-order valence-electron chi connectivity index (χ3n) is 5.71. The average molecular weight is 448 g/mol. The van der Waals surface area contributed by atoms with Gasteiger partial charge in [0.2, 0.25) is 0 Å². The van der Waals surface area contributed by atoms with Crippen molar-refractivity contribution in [3.8, 4) is 11.3 Å². The maximum absolute atomic E-state index is 13.7. The number of ether oxygens (including phenoxy) is 2. The Morgan fingerprint density at radius 1 is 1.19 bits per heavy atom. The predicted octanol–water partition coefficient (Wildman–Crippen LogP) is 5.56. The second-order valence-electron chi connectivity index (χ2n) is 7.96. The van der Waals surface area contributed by atoms with Gasteiger partial charge < -0.3 is 24.9 Å². The lowest BCUT2D eigenvalue weighted by molar-refractivity contribution is -0.206. The second kappa shape index (κ2) is 9.52. The number of aliphatic hydroxyl groups is 1. The average Bonchev–Trinajstić information content (AvgIpc) is 3.17. The highest BCUT2D eigenvalue weighted by Gasteiger charge is 2.42.